The lowest BCUT2D eigenvalue weighted by Crippen LogP contribution is -2.55. The molecule has 2 rings (SSSR count). The maximum atomic E-state index is 12.3. The van der Waals surface area contributed by atoms with E-state index < -0.39 is 6.04 Å². The Labute approximate surface area is 133 Å². The first-order valence-electron chi connectivity index (χ1n) is 6.87. The second kappa shape index (κ2) is 6.92. The summed E-state index contributed by atoms with van der Waals surface area (Å²) in [5, 5.41) is 12.2. The number of morpholine rings is 1. The second-order valence-electron chi connectivity index (χ2n) is 5.22. The van der Waals surface area contributed by atoms with Gasteiger partial charge < -0.3 is 15.0 Å². The molecule has 0 aromatic heterocycles. The van der Waals surface area contributed by atoms with Crippen LogP contribution in [0.4, 0.5) is 5.69 Å². The number of nitrogens with zero attached hydrogens (tertiary/aromatic N) is 2. The zero-order valence-corrected chi connectivity index (χ0v) is 13.7. The first-order valence-corrected chi connectivity index (χ1v) is 7.66. The molecule has 1 aliphatic rings. The van der Waals surface area contributed by atoms with E-state index in [1.165, 1.54) is 0 Å². The third-order valence-corrected chi connectivity index (χ3v) is 3.74. The Morgan fingerprint density at radius 1 is 1.57 bits per heavy atom. The van der Waals surface area contributed by atoms with Crippen molar-refractivity contribution in [1.29, 1.82) is 5.26 Å². The molecular weight excluding hydrogens is 334 g/mol. The molecule has 6 heteroatoms. The minimum Gasteiger partial charge on any atom is -0.377 e. The Morgan fingerprint density at radius 3 is 3.00 bits per heavy atom. The van der Waals surface area contributed by atoms with E-state index in [4.69, 9.17) is 4.74 Å². The highest BCUT2D eigenvalue weighted by molar-refractivity contribution is 9.10. The zero-order chi connectivity index (χ0) is 15.4. The molecule has 0 saturated carbocycles. The molecule has 0 aliphatic carbocycles. The molecule has 1 N–H and O–H groups in total. The number of carbonyl (C=O) groups excluding carboxylic acids is 1. The van der Waals surface area contributed by atoms with Crippen LogP contribution in [-0.2, 0) is 9.53 Å². The van der Waals surface area contributed by atoms with Crippen molar-refractivity contribution in [3.63, 3.8) is 0 Å². The molecule has 1 aromatic carbocycles. The van der Waals surface area contributed by atoms with E-state index in [0.29, 0.717) is 25.3 Å². The highest BCUT2D eigenvalue weighted by Crippen LogP contribution is 2.27. The number of nitriles is 1. The van der Waals surface area contributed by atoms with Crippen LogP contribution in [0.15, 0.2) is 22.7 Å². The molecule has 1 atom stereocenters. The number of benzene rings is 1. The number of anilines is 1. The van der Waals surface area contributed by atoms with Crippen molar-refractivity contribution in [3.8, 4) is 6.07 Å². The van der Waals surface area contributed by atoms with Crippen LogP contribution in [0.3, 0.4) is 0 Å². The molecule has 1 amide bonds. The summed E-state index contributed by atoms with van der Waals surface area (Å²) in [5.41, 5.74) is 1.32. The number of ether oxygens (including phenoxy) is 1. The fourth-order valence-corrected chi connectivity index (χ4v) is 2.70. The predicted molar refractivity (Wildman–Crippen MR) is 84.1 cm³/mol. The zero-order valence-electron chi connectivity index (χ0n) is 12.1. The average molecular weight is 352 g/mol. The van der Waals surface area contributed by atoms with Crippen molar-refractivity contribution in [2.45, 2.75) is 25.9 Å². The first kappa shape index (κ1) is 15.8. The molecule has 1 fully saturated rings. The molecule has 5 nitrogen and oxygen atoms in total. The molecule has 1 unspecified atom stereocenters. The van der Waals surface area contributed by atoms with Crippen LogP contribution in [0, 0.1) is 11.3 Å². The van der Waals surface area contributed by atoms with Crippen LogP contribution >= 0.6 is 15.9 Å². The van der Waals surface area contributed by atoms with Gasteiger partial charge >= 0.3 is 0 Å². The van der Waals surface area contributed by atoms with Crippen molar-refractivity contribution in [2.24, 2.45) is 0 Å². The number of nitrogens with one attached hydrogen (secondary N) is 1. The van der Waals surface area contributed by atoms with Crippen LogP contribution < -0.4 is 10.2 Å². The quantitative estimate of drug-likeness (QED) is 0.904. The van der Waals surface area contributed by atoms with E-state index >= 15 is 0 Å². The second-order valence-corrected chi connectivity index (χ2v) is 6.14. The Kier molecular flexibility index (Phi) is 5.21. The Hall–Kier alpha value is -1.58. The first-order chi connectivity index (χ1) is 10.0. The molecule has 1 aromatic rings. The van der Waals surface area contributed by atoms with Gasteiger partial charge in [0.2, 0.25) is 5.91 Å². The normalized spacial score (nSPS) is 18.4. The number of rotatable bonds is 3. The van der Waals surface area contributed by atoms with Crippen molar-refractivity contribution in [2.75, 3.05) is 24.7 Å². The highest BCUT2D eigenvalue weighted by atomic mass is 79.9. The standard InChI is InChI=1S/C15H18BrN3O2/c1-10(2)18-15(20)14-9-21-6-5-19(14)13-4-3-12(16)7-11(13)8-17/h3-4,7,10,14H,5-6,9H2,1-2H3,(H,18,20). The molecule has 21 heavy (non-hydrogen) atoms. The molecule has 1 aliphatic heterocycles. The maximum Gasteiger partial charge on any atom is 0.245 e. The van der Waals surface area contributed by atoms with Gasteiger partial charge in [-0.15, -0.1) is 0 Å². The fourth-order valence-electron chi connectivity index (χ4n) is 2.34. The van der Waals surface area contributed by atoms with Gasteiger partial charge in [0.05, 0.1) is 24.5 Å². The summed E-state index contributed by atoms with van der Waals surface area (Å²) in [6.07, 6.45) is 0. The van der Waals surface area contributed by atoms with Gasteiger partial charge in [-0.25, -0.2) is 0 Å². The van der Waals surface area contributed by atoms with Gasteiger partial charge in [-0.05, 0) is 32.0 Å². The topological polar surface area (TPSA) is 65.4 Å². The monoisotopic (exact) mass is 351 g/mol. The number of carbonyl (C=O) groups is 1. The summed E-state index contributed by atoms with van der Waals surface area (Å²) in [7, 11) is 0. The predicted octanol–water partition coefficient (Wildman–Crippen LogP) is 2.05. The molecule has 1 heterocycles. The number of amides is 1. The van der Waals surface area contributed by atoms with Gasteiger partial charge in [0.1, 0.15) is 12.1 Å². The number of hydrogen-bond acceptors (Lipinski definition) is 4. The van der Waals surface area contributed by atoms with Gasteiger partial charge in [-0.3, -0.25) is 4.79 Å². The Bertz CT molecular complexity index is 569. The maximum absolute atomic E-state index is 12.3. The van der Waals surface area contributed by atoms with Gasteiger partial charge in [-0.1, -0.05) is 15.9 Å². The van der Waals surface area contributed by atoms with E-state index in [0.717, 1.165) is 10.2 Å². The average Bonchev–Trinajstić information content (AvgIpc) is 2.46. The van der Waals surface area contributed by atoms with E-state index in [-0.39, 0.29) is 11.9 Å². The van der Waals surface area contributed by atoms with Crippen molar-refractivity contribution in [3.05, 3.63) is 28.2 Å². The molecule has 112 valence electrons. The van der Waals surface area contributed by atoms with E-state index in [2.05, 4.69) is 27.3 Å². The largest absolute Gasteiger partial charge is 0.377 e. The fraction of sp³-hybridized carbons (Fsp3) is 0.467. The molecule has 0 radical (unpaired) electrons. The third kappa shape index (κ3) is 3.74. The molecule has 1 saturated heterocycles. The molecule has 0 bridgehead atoms. The van der Waals surface area contributed by atoms with Gasteiger partial charge in [0.15, 0.2) is 0 Å². The lowest BCUT2D eigenvalue weighted by molar-refractivity contribution is -0.125. The Balaban J connectivity index is 2.31. The molecule has 0 spiro atoms. The van der Waals surface area contributed by atoms with E-state index in [1.807, 2.05) is 30.9 Å². The summed E-state index contributed by atoms with van der Waals surface area (Å²) < 4.78 is 6.29. The van der Waals surface area contributed by atoms with Gasteiger partial charge in [0, 0.05) is 17.1 Å². The third-order valence-electron chi connectivity index (χ3n) is 3.25. The SMILES string of the molecule is CC(C)NC(=O)C1COCCN1c1ccc(Br)cc1C#N. The van der Waals surface area contributed by atoms with Crippen molar-refractivity contribution in [1.82, 2.24) is 5.32 Å². The minimum atomic E-state index is -0.408. The van der Waals surface area contributed by atoms with Crippen molar-refractivity contribution < 1.29 is 9.53 Å². The smallest absolute Gasteiger partial charge is 0.245 e. The number of hydrogen-bond donors (Lipinski definition) is 1. The number of halogens is 1. The van der Waals surface area contributed by atoms with Crippen LogP contribution in [0.2, 0.25) is 0 Å². The van der Waals surface area contributed by atoms with Gasteiger partial charge in [-0.2, -0.15) is 5.26 Å². The summed E-state index contributed by atoms with van der Waals surface area (Å²) in [4.78, 5) is 14.3. The summed E-state index contributed by atoms with van der Waals surface area (Å²) in [6.45, 7) is 5.32. The lowest BCUT2D eigenvalue weighted by atomic mass is 10.1. The van der Waals surface area contributed by atoms with Crippen LogP contribution in [0.1, 0.15) is 19.4 Å². The van der Waals surface area contributed by atoms with E-state index in [1.54, 1.807) is 6.07 Å². The summed E-state index contributed by atoms with van der Waals surface area (Å²) in [6, 6.07) is 7.36. The summed E-state index contributed by atoms with van der Waals surface area (Å²) in [5.74, 6) is -0.0727. The van der Waals surface area contributed by atoms with Crippen molar-refractivity contribution >= 4 is 27.5 Å². The van der Waals surface area contributed by atoms with E-state index in [9.17, 15) is 10.1 Å². The van der Waals surface area contributed by atoms with Crippen LogP contribution in [-0.4, -0.2) is 37.7 Å². The Morgan fingerprint density at radius 2 is 2.33 bits per heavy atom. The van der Waals surface area contributed by atoms with Crippen LogP contribution in [0.25, 0.3) is 0 Å². The lowest BCUT2D eigenvalue weighted by Gasteiger charge is -2.37. The van der Waals surface area contributed by atoms with Gasteiger partial charge in [0.25, 0.3) is 0 Å². The summed E-state index contributed by atoms with van der Waals surface area (Å²) >= 11 is 3.36. The molecular formula is C15H18BrN3O2. The van der Waals surface area contributed by atoms with Crippen LogP contribution in [0.5, 0.6) is 0 Å². The highest BCUT2D eigenvalue weighted by Gasteiger charge is 2.31. The minimum absolute atomic E-state index is 0.0710.